The van der Waals surface area contributed by atoms with Gasteiger partial charge in [-0.1, -0.05) is 34.1 Å². The van der Waals surface area contributed by atoms with Crippen molar-refractivity contribution in [3.8, 4) is 5.75 Å². The van der Waals surface area contributed by atoms with Gasteiger partial charge in [-0.2, -0.15) is 0 Å². The summed E-state index contributed by atoms with van der Waals surface area (Å²) in [7, 11) is 0. The predicted molar refractivity (Wildman–Crippen MR) is 117 cm³/mol. The minimum atomic E-state index is -0.234. The van der Waals surface area contributed by atoms with Gasteiger partial charge in [0.25, 0.3) is 0 Å². The molecule has 1 heterocycles. The van der Waals surface area contributed by atoms with E-state index in [4.69, 9.17) is 18.9 Å². The highest BCUT2D eigenvalue weighted by Gasteiger charge is 2.37. The van der Waals surface area contributed by atoms with Crippen molar-refractivity contribution in [3.63, 3.8) is 0 Å². The molecule has 5 nitrogen and oxygen atoms in total. The number of benzene rings is 1. The maximum absolute atomic E-state index is 12.7. The quantitative estimate of drug-likeness (QED) is 0.390. The molecule has 3 unspecified atom stereocenters. The first kappa shape index (κ1) is 23.1. The standard InChI is InChI=1S/C25H38O5/c1-5-25(16-28-17-25)15-27-12-13-29-21-9-7-20(8-10-21)24(26)30-23-14-19(4)6-11-22(23)18(2)3/h7-10,18-19,22-23H,5-6,11-17H2,1-4H3. The van der Waals surface area contributed by atoms with Crippen molar-refractivity contribution in [2.75, 3.05) is 33.0 Å². The Hall–Kier alpha value is -1.59. The van der Waals surface area contributed by atoms with Crippen LogP contribution >= 0.6 is 0 Å². The van der Waals surface area contributed by atoms with Crippen LogP contribution < -0.4 is 4.74 Å². The summed E-state index contributed by atoms with van der Waals surface area (Å²) in [6.45, 7) is 12.2. The van der Waals surface area contributed by atoms with Crippen LogP contribution in [0.15, 0.2) is 24.3 Å². The van der Waals surface area contributed by atoms with E-state index in [0.717, 1.165) is 44.8 Å². The normalized spacial score (nSPS) is 25.6. The van der Waals surface area contributed by atoms with E-state index in [2.05, 4.69) is 27.7 Å². The highest BCUT2D eigenvalue weighted by molar-refractivity contribution is 5.89. The average Bonchev–Trinajstić information content (AvgIpc) is 2.69. The fourth-order valence-electron chi connectivity index (χ4n) is 4.43. The molecule has 1 aliphatic carbocycles. The molecule has 0 spiro atoms. The zero-order chi connectivity index (χ0) is 21.6. The first-order chi connectivity index (χ1) is 14.4. The number of ether oxygens (including phenoxy) is 4. The molecule has 30 heavy (non-hydrogen) atoms. The summed E-state index contributed by atoms with van der Waals surface area (Å²) in [6.07, 6.45) is 4.41. The summed E-state index contributed by atoms with van der Waals surface area (Å²) in [6, 6.07) is 7.22. The maximum atomic E-state index is 12.7. The van der Waals surface area contributed by atoms with Crippen molar-refractivity contribution in [2.45, 2.75) is 59.5 Å². The third-order valence-corrected chi connectivity index (χ3v) is 6.78. The Labute approximate surface area is 181 Å². The number of hydrogen-bond acceptors (Lipinski definition) is 5. The molecule has 1 saturated heterocycles. The lowest BCUT2D eigenvalue weighted by Crippen LogP contribution is -2.45. The number of carbonyl (C=O) groups excluding carboxylic acids is 1. The molecule has 1 aromatic carbocycles. The fraction of sp³-hybridized carbons (Fsp3) is 0.720. The van der Waals surface area contributed by atoms with Crippen molar-refractivity contribution < 1.29 is 23.7 Å². The monoisotopic (exact) mass is 418 g/mol. The number of rotatable bonds is 10. The van der Waals surface area contributed by atoms with E-state index in [1.807, 2.05) is 12.1 Å². The summed E-state index contributed by atoms with van der Waals surface area (Å²) in [5, 5.41) is 0. The van der Waals surface area contributed by atoms with Crippen molar-refractivity contribution in [1.82, 2.24) is 0 Å². The van der Waals surface area contributed by atoms with E-state index in [9.17, 15) is 4.79 Å². The molecule has 2 fully saturated rings. The summed E-state index contributed by atoms with van der Waals surface area (Å²) in [4.78, 5) is 12.7. The second-order valence-electron chi connectivity index (χ2n) is 9.54. The molecule has 1 saturated carbocycles. The van der Waals surface area contributed by atoms with Gasteiger partial charge in [-0.3, -0.25) is 0 Å². The SMILES string of the molecule is CCC1(COCCOc2ccc(C(=O)OC3CC(C)CCC3C(C)C)cc2)COC1. The van der Waals surface area contributed by atoms with E-state index < -0.39 is 0 Å². The maximum Gasteiger partial charge on any atom is 0.338 e. The van der Waals surface area contributed by atoms with Crippen LogP contribution in [0.1, 0.15) is 63.7 Å². The highest BCUT2D eigenvalue weighted by Crippen LogP contribution is 2.36. The Balaban J connectivity index is 1.42. The minimum Gasteiger partial charge on any atom is -0.491 e. The molecule has 0 N–H and O–H groups in total. The van der Waals surface area contributed by atoms with E-state index in [1.165, 1.54) is 6.42 Å². The Kier molecular flexibility index (Phi) is 8.18. The predicted octanol–water partition coefficient (Wildman–Crippen LogP) is 5.13. The topological polar surface area (TPSA) is 54.0 Å². The molecule has 2 aliphatic rings. The van der Waals surface area contributed by atoms with Gasteiger partial charge in [0.2, 0.25) is 0 Å². The summed E-state index contributed by atoms with van der Waals surface area (Å²) in [5.41, 5.74) is 0.779. The molecule has 5 heteroatoms. The van der Waals surface area contributed by atoms with Gasteiger partial charge < -0.3 is 18.9 Å². The molecule has 0 amide bonds. The Morgan fingerprint density at radius 1 is 1.17 bits per heavy atom. The number of carbonyl (C=O) groups is 1. The van der Waals surface area contributed by atoms with E-state index in [-0.39, 0.29) is 17.5 Å². The Morgan fingerprint density at radius 2 is 1.90 bits per heavy atom. The molecule has 1 aromatic rings. The second-order valence-corrected chi connectivity index (χ2v) is 9.54. The van der Waals surface area contributed by atoms with Crippen LogP contribution in [0.4, 0.5) is 0 Å². The van der Waals surface area contributed by atoms with Gasteiger partial charge in [0, 0.05) is 5.41 Å². The summed E-state index contributed by atoms with van der Waals surface area (Å²) in [5.74, 6) is 2.09. The van der Waals surface area contributed by atoms with Crippen molar-refractivity contribution >= 4 is 5.97 Å². The Morgan fingerprint density at radius 3 is 2.50 bits per heavy atom. The largest absolute Gasteiger partial charge is 0.491 e. The molecule has 3 atom stereocenters. The first-order valence-electron chi connectivity index (χ1n) is 11.5. The van der Waals surface area contributed by atoms with Crippen LogP contribution in [-0.4, -0.2) is 45.1 Å². The molecular formula is C25H38O5. The second kappa shape index (κ2) is 10.6. The third kappa shape index (κ3) is 5.98. The summed E-state index contributed by atoms with van der Waals surface area (Å²) < 4.78 is 22.7. The third-order valence-electron chi connectivity index (χ3n) is 6.78. The summed E-state index contributed by atoms with van der Waals surface area (Å²) >= 11 is 0. The van der Waals surface area contributed by atoms with Crippen molar-refractivity contribution in [3.05, 3.63) is 29.8 Å². The van der Waals surface area contributed by atoms with Gasteiger partial charge in [0.15, 0.2) is 0 Å². The number of esters is 1. The van der Waals surface area contributed by atoms with Gasteiger partial charge >= 0.3 is 5.97 Å². The van der Waals surface area contributed by atoms with Crippen LogP contribution in [0.2, 0.25) is 0 Å². The van der Waals surface area contributed by atoms with Crippen molar-refractivity contribution in [1.29, 1.82) is 0 Å². The smallest absolute Gasteiger partial charge is 0.338 e. The first-order valence-corrected chi connectivity index (χ1v) is 11.5. The van der Waals surface area contributed by atoms with Crippen LogP contribution in [0.25, 0.3) is 0 Å². The molecule has 0 radical (unpaired) electrons. The van der Waals surface area contributed by atoms with Crippen LogP contribution in [0.5, 0.6) is 5.75 Å². The molecule has 0 aromatic heterocycles. The van der Waals surface area contributed by atoms with Crippen molar-refractivity contribution in [2.24, 2.45) is 23.2 Å². The van der Waals surface area contributed by atoms with Gasteiger partial charge in [-0.25, -0.2) is 4.79 Å². The van der Waals surface area contributed by atoms with Crippen LogP contribution in [0, 0.1) is 23.2 Å². The molecule has 0 bridgehead atoms. The van der Waals surface area contributed by atoms with E-state index in [1.54, 1.807) is 12.1 Å². The lowest BCUT2D eigenvalue weighted by molar-refractivity contribution is -0.151. The van der Waals surface area contributed by atoms with Gasteiger partial charge in [0.05, 0.1) is 32.0 Å². The lowest BCUT2D eigenvalue weighted by atomic mass is 9.75. The van der Waals surface area contributed by atoms with E-state index in [0.29, 0.717) is 36.5 Å². The van der Waals surface area contributed by atoms with Gasteiger partial charge in [0.1, 0.15) is 18.5 Å². The van der Waals surface area contributed by atoms with Crippen LogP contribution in [-0.2, 0) is 14.2 Å². The number of hydrogen-bond donors (Lipinski definition) is 0. The Bertz CT molecular complexity index is 659. The minimum absolute atomic E-state index is 0.0156. The zero-order valence-electron chi connectivity index (χ0n) is 19.0. The molecular weight excluding hydrogens is 380 g/mol. The molecule has 168 valence electrons. The zero-order valence-corrected chi connectivity index (χ0v) is 19.0. The van der Waals surface area contributed by atoms with Gasteiger partial charge in [-0.15, -0.1) is 0 Å². The molecule has 3 rings (SSSR count). The molecule has 1 aliphatic heterocycles. The van der Waals surface area contributed by atoms with Crippen LogP contribution in [0.3, 0.4) is 0 Å². The van der Waals surface area contributed by atoms with E-state index >= 15 is 0 Å². The average molecular weight is 419 g/mol. The van der Waals surface area contributed by atoms with Gasteiger partial charge in [-0.05, 0) is 61.3 Å². The highest BCUT2D eigenvalue weighted by atomic mass is 16.5. The lowest BCUT2D eigenvalue weighted by Gasteiger charge is -2.40. The fourth-order valence-corrected chi connectivity index (χ4v) is 4.43.